The molecular weight excluding hydrogens is 180 g/mol. The Kier molecular flexibility index (Phi) is 2.29. The lowest BCUT2D eigenvalue weighted by molar-refractivity contribution is 1.07. The maximum atomic E-state index is 5.56. The largest absolute Gasteiger partial charge is 0.326 e. The van der Waals surface area contributed by atoms with Gasteiger partial charge in [0.15, 0.2) is 0 Å². The summed E-state index contributed by atoms with van der Waals surface area (Å²) in [5, 5.41) is 1.20. The molecule has 1 heterocycles. The summed E-state index contributed by atoms with van der Waals surface area (Å²) in [5.41, 5.74) is 7.84. The Hall–Kier alpha value is -0.930. The molecule has 0 spiro atoms. The first-order valence-corrected chi connectivity index (χ1v) is 5.23. The number of nitrogens with zero attached hydrogens (tertiary/aromatic N) is 1. The Labute approximate surface area is 81.4 Å². The fourth-order valence-electron chi connectivity index (χ4n) is 1.29. The van der Waals surface area contributed by atoms with Gasteiger partial charge in [-0.05, 0) is 24.1 Å². The van der Waals surface area contributed by atoms with Gasteiger partial charge in [0.2, 0.25) is 0 Å². The average Bonchev–Trinajstić information content (AvgIpc) is 2.58. The summed E-state index contributed by atoms with van der Waals surface area (Å²) in [6, 6.07) is 6.22. The van der Waals surface area contributed by atoms with E-state index >= 15 is 0 Å². The van der Waals surface area contributed by atoms with E-state index in [1.165, 1.54) is 15.3 Å². The SMILES string of the molecule is CCc1nc2ccc(CN)cc2s1. The molecule has 0 aliphatic rings. The number of benzene rings is 1. The van der Waals surface area contributed by atoms with Gasteiger partial charge in [-0.1, -0.05) is 13.0 Å². The lowest BCUT2D eigenvalue weighted by Gasteiger charge is -1.93. The lowest BCUT2D eigenvalue weighted by atomic mass is 10.2. The number of nitrogens with two attached hydrogens (primary N) is 1. The predicted octanol–water partition coefficient (Wildman–Crippen LogP) is 2.32. The van der Waals surface area contributed by atoms with Crippen molar-refractivity contribution in [2.75, 3.05) is 0 Å². The molecule has 2 N–H and O–H groups in total. The first kappa shape index (κ1) is 8.66. The quantitative estimate of drug-likeness (QED) is 0.793. The monoisotopic (exact) mass is 192 g/mol. The molecule has 0 saturated carbocycles. The molecule has 1 aromatic heterocycles. The van der Waals surface area contributed by atoms with Crippen LogP contribution in [-0.4, -0.2) is 4.98 Å². The van der Waals surface area contributed by atoms with E-state index in [-0.39, 0.29) is 0 Å². The zero-order valence-electron chi connectivity index (χ0n) is 7.58. The number of hydrogen-bond acceptors (Lipinski definition) is 3. The van der Waals surface area contributed by atoms with E-state index in [4.69, 9.17) is 5.73 Å². The van der Waals surface area contributed by atoms with Gasteiger partial charge in [-0.15, -0.1) is 11.3 Å². The molecule has 13 heavy (non-hydrogen) atoms. The van der Waals surface area contributed by atoms with Crippen LogP contribution in [0.2, 0.25) is 0 Å². The van der Waals surface area contributed by atoms with Gasteiger partial charge in [0.05, 0.1) is 15.2 Å². The Morgan fingerprint density at radius 1 is 1.46 bits per heavy atom. The summed E-state index contributed by atoms with van der Waals surface area (Å²) in [5.74, 6) is 0. The van der Waals surface area contributed by atoms with E-state index in [1.54, 1.807) is 11.3 Å². The van der Waals surface area contributed by atoms with Crippen molar-refractivity contribution in [2.24, 2.45) is 5.73 Å². The van der Waals surface area contributed by atoms with Crippen LogP contribution >= 0.6 is 11.3 Å². The van der Waals surface area contributed by atoms with E-state index in [0.717, 1.165) is 11.9 Å². The number of rotatable bonds is 2. The Morgan fingerprint density at radius 2 is 2.31 bits per heavy atom. The highest BCUT2D eigenvalue weighted by Gasteiger charge is 2.01. The van der Waals surface area contributed by atoms with Crippen LogP contribution in [0.4, 0.5) is 0 Å². The van der Waals surface area contributed by atoms with E-state index in [1.807, 2.05) is 12.1 Å². The van der Waals surface area contributed by atoms with Crippen LogP contribution in [0.1, 0.15) is 17.5 Å². The van der Waals surface area contributed by atoms with Crippen molar-refractivity contribution in [3.8, 4) is 0 Å². The standard InChI is InChI=1S/C10H12N2S/c1-2-10-12-8-4-3-7(6-11)5-9(8)13-10/h3-5H,2,6,11H2,1H3. The van der Waals surface area contributed by atoms with Gasteiger partial charge in [0.25, 0.3) is 0 Å². The van der Waals surface area contributed by atoms with Gasteiger partial charge in [-0.2, -0.15) is 0 Å². The molecule has 2 nitrogen and oxygen atoms in total. The fraction of sp³-hybridized carbons (Fsp3) is 0.300. The van der Waals surface area contributed by atoms with E-state index in [9.17, 15) is 0 Å². The minimum Gasteiger partial charge on any atom is -0.326 e. The highest BCUT2D eigenvalue weighted by Crippen LogP contribution is 2.23. The molecule has 0 aliphatic carbocycles. The summed E-state index contributed by atoms with van der Waals surface area (Å²) >= 11 is 1.76. The van der Waals surface area contributed by atoms with Crippen LogP contribution in [0.25, 0.3) is 10.2 Å². The number of thiazole rings is 1. The van der Waals surface area contributed by atoms with Crippen molar-refractivity contribution in [3.63, 3.8) is 0 Å². The number of fused-ring (bicyclic) bond motifs is 1. The third kappa shape index (κ3) is 1.57. The first-order chi connectivity index (χ1) is 6.33. The van der Waals surface area contributed by atoms with Crippen LogP contribution in [0.15, 0.2) is 18.2 Å². The second-order valence-electron chi connectivity index (χ2n) is 2.97. The molecule has 0 saturated heterocycles. The zero-order valence-corrected chi connectivity index (χ0v) is 8.40. The van der Waals surface area contributed by atoms with Crippen molar-refractivity contribution in [1.29, 1.82) is 0 Å². The topological polar surface area (TPSA) is 38.9 Å². The number of hydrogen-bond donors (Lipinski definition) is 1. The second-order valence-corrected chi connectivity index (χ2v) is 4.08. The lowest BCUT2D eigenvalue weighted by Crippen LogP contribution is -1.94. The average molecular weight is 192 g/mol. The minimum atomic E-state index is 0.606. The van der Waals surface area contributed by atoms with Gasteiger partial charge in [0.1, 0.15) is 0 Å². The molecule has 68 valence electrons. The van der Waals surface area contributed by atoms with E-state index < -0.39 is 0 Å². The molecular formula is C10H12N2S. The Morgan fingerprint density at radius 3 is 3.00 bits per heavy atom. The maximum absolute atomic E-state index is 5.56. The number of aromatic nitrogens is 1. The van der Waals surface area contributed by atoms with Gasteiger partial charge >= 0.3 is 0 Å². The summed E-state index contributed by atoms with van der Waals surface area (Å²) in [7, 11) is 0. The molecule has 0 aliphatic heterocycles. The number of aryl methyl sites for hydroxylation is 1. The predicted molar refractivity (Wildman–Crippen MR) is 56.9 cm³/mol. The van der Waals surface area contributed by atoms with Gasteiger partial charge in [-0.3, -0.25) is 0 Å². The Balaban J connectivity index is 2.57. The molecule has 0 unspecified atom stereocenters. The van der Waals surface area contributed by atoms with Crippen LogP contribution in [-0.2, 0) is 13.0 Å². The normalized spacial score (nSPS) is 10.9. The molecule has 1 aromatic carbocycles. The molecule has 0 atom stereocenters. The third-order valence-corrected chi connectivity index (χ3v) is 3.20. The van der Waals surface area contributed by atoms with Gasteiger partial charge in [-0.25, -0.2) is 4.98 Å². The van der Waals surface area contributed by atoms with Crippen LogP contribution < -0.4 is 5.73 Å². The van der Waals surface area contributed by atoms with Crippen molar-refractivity contribution < 1.29 is 0 Å². The van der Waals surface area contributed by atoms with Crippen molar-refractivity contribution in [2.45, 2.75) is 19.9 Å². The maximum Gasteiger partial charge on any atom is 0.0935 e. The fourth-order valence-corrected chi connectivity index (χ4v) is 2.27. The smallest absolute Gasteiger partial charge is 0.0935 e. The zero-order chi connectivity index (χ0) is 9.26. The highest BCUT2D eigenvalue weighted by atomic mass is 32.1. The summed E-state index contributed by atoms with van der Waals surface area (Å²) < 4.78 is 1.25. The van der Waals surface area contributed by atoms with Crippen molar-refractivity contribution in [1.82, 2.24) is 4.98 Å². The molecule has 3 heteroatoms. The molecule has 0 bridgehead atoms. The third-order valence-electron chi connectivity index (χ3n) is 2.04. The summed E-state index contributed by atoms with van der Waals surface area (Å²) in [6.07, 6.45) is 1.01. The highest BCUT2D eigenvalue weighted by molar-refractivity contribution is 7.18. The summed E-state index contributed by atoms with van der Waals surface area (Å²) in [6.45, 7) is 2.73. The van der Waals surface area contributed by atoms with E-state index in [0.29, 0.717) is 6.54 Å². The van der Waals surface area contributed by atoms with Gasteiger partial charge < -0.3 is 5.73 Å². The van der Waals surface area contributed by atoms with Crippen molar-refractivity contribution in [3.05, 3.63) is 28.8 Å². The van der Waals surface area contributed by atoms with Crippen LogP contribution in [0.3, 0.4) is 0 Å². The first-order valence-electron chi connectivity index (χ1n) is 4.42. The molecule has 2 aromatic rings. The van der Waals surface area contributed by atoms with Crippen molar-refractivity contribution >= 4 is 21.6 Å². The van der Waals surface area contributed by atoms with Gasteiger partial charge in [0, 0.05) is 6.54 Å². The Bertz CT molecular complexity index is 418. The van der Waals surface area contributed by atoms with Crippen LogP contribution in [0, 0.1) is 0 Å². The van der Waals surface area contributed by atoms with E-state index in [2.05, 4.69) is 18.0 Å². The molecule has 0 amide bonds. The molecule has 0 radical (unpaired) electrons. The summed E-state index contributed by atoms with van der Waals surface area (Å²) in [4.78, 5) is 4.48. The molecule has 2 rings (SSSR count). The van der Waals surface area contributed by atoms with Crippen LogP contribution in [0.5, 0.6) is 0 Å². The second kappa shape index (κ2) is 3.44. The minimum absolute atomic E-state index is 0.606. The molecule has 0 fully saturated rings.